The standard InChI is InChI=1S/C13H24N4O4S/c1-15(2)22(20,21)7-3-4-16-5-6-17-11(9-16)8-12(14-17)13(19)10-18/h8,13,18-19H,3-7,9-10H2,1-2H3. The van der Waals surface area contributed by atoms with Crippen LogP contribution >= 0.6 is 0 Å². The molecule has 0 saturated heterocycles. The molecule has 0 spiro atoms. The van der Waals surface area contributed by atoms with Crippen LogP contribution in [0.25, 0.3) is 0 Å². The van der Waals surface area contributed by atoms with E-state index in [1.807, 2.05) is 4.68 Å². The van der Waals surface area contributed by atoms with Gasteiger partial charge in [0.05, 0.1) is 30.3 Å². The molecule has 2 N–H and O–H groups in total. The van der Waals surface area contributed by atoms with Gasteiger partial charge >= 0.3 is 0 Å². The van der Waals surface area contributed by atoms with Crippen LogP contribution < -0.4 is 0 Å². The van der Waals surface area contributed by atoms with Crippen molar-refractivity contribution in [2.24, 2.45) is 0 Å². The molecule has 1 atom stereocenters. The first-order chi connectivity index (χ1) is 10.3. The Morgan fingerprint density at radius 2 is 2.14 bits per heavy atom. The lowest BCUT2D eigenvalue weighted by atomic mass is 10.2. The molecule has 126 valence electrons. The number of fused-ring (bicyclic) bond motifs is 1. The zero-order chi connectivity index (χ0) is 16.3. The van der Waals surface area contributed by atoms with Gasteiger partial charge in [-0.15, -0.1) is 0 Å². The summed E-state index contributed by atoms with van der Waals surface area (Å²) in [7, 11) is -0.0529. The predicted octanol–water partition coefficient (Wildman–Crippen LogP) is -0.994. The Morgan fingerprint density at radius 3 is 2.77 bits per heavy atom. The lowest BCUT2D eigenvalue weighted by Gasteiger charge is -2.27. The number of aliphatic hydroxyl groups is 2. The summed E-state index contributed by atoms with van der Waals surface area (Å²) >= 11 is 0. The molecule has 0 aliphatic carbocycles. The molecule has 1 aliphatic rings. The Hall–Kier alpha value is -1.00. The second kappa shape index (κ2) is 7.05. The van der Waals surface area contributed by atoms with E-state index in [-0.39, 0.29) is 12.4 Å². The van der Waals surface area contributed by atoms with Gasteiger partial charge in [0.15, 0.2) is 0 Å². The molecule has 2 heterocycles. The number of nitrogens with zero attached hydrogens (tertiary/aromatic N) is 4. The summed E-state index contributed by atoms with van der Waals surface area (Å²) in [5.41, 5.74) is 1.46. The summed E-state index contributed by atoms with van der Waals surface area (Å²) in [4.78, 5) is 2.18. The molecule has 1 aromatic heterocycles. The predicted molar refractivity (Wildman–Crippen MR) is 81.6 cm³/mol. The molecule has 1 unspecified atom stereocenters. The fourth-order valence-corrected chi connectivity index (χ4v) is 3.30. The van der Waals surface area contributed by atoms with Crippen LogP contribution in [0.2, 0.25) is 0 Å². The first-order valence-corrected chi connectivity index (χ1v) is 8.92. The van der Waals surface area contributed by atoms with E-state index < -0.39 is 16.1 Å². The minimum atomic E-state index is -3.14. The van der Waals surface area contributed by atoms with Crippen LogP contribution in [-0.4, -0.2) is 77.2 Å². The molecule has 2 rings (SSSR count). The van der Waals surface area contributed by atoms with Crippen molar-refractivity contribution in [2.45, 2.75) is 25.6 Å². The number of rotatable bonds is 7. The van der Waals surface area contributed by atoms with Crippen molar-refractivity contribution in [2.75, 3.05) is 39.5 Å². The van der Waals surface area contributed by atoms with Crippen molar-refractivity contribution in [3.63, 3.8) is 0 Å². The van der Waals surface area contributed by atoms with Crippen LogP contribution in [-0.2, 0) is 23.1 Å². The summed E-state index contributed by atoms with van der Waals surface area (Å²) in [6.45, 7) is 2.53. The van der Waals surface area contributed by atoms with Crippen molar-refractivity contribution < 1.29 is 18.6 Å². The van der Waals surface area contributed by atoms with Gasteiger partial charge in [-0.25, -0.2) is 12.7 Å². The third-order valence-electron chi connectivity index (χ3n) is 3.84. The van der Waals surface area contributed by atoms with E-state index in [1.165, 1.54) is 4.31 Å². The van der Waals surface area contributed by atoms with Gasteiger partial charge in [0, 0.05) is 27.2 Å². The molecule has 0 amide bonds. The average molecular weight is 332 g/mol. The summed E-state index contributed by atoms with van der Waals surface area (Å²) in [5, 5.41) is 22.9. The molecule has 0 fully saturated rings. The van der Waals surface area contributed by atoms with Crippen molar-refractivity contribution in [3.05, 3.63) is 17.5 Å². The van der Waals surface area contributed by atoms with E-state index in [0.29, 0.717) is 31.7 Å². The van der Waals surface area contributed by atoms with E-state index >= 15 is 0 Å². The van der Waals surface area contributed by atoms with Crippen LogP contribution in [0.5, 0.6) is 0 Å². The van der Waals surface area contributed by atoms with E-state index in [1.54, 1.807) is 20.2 Å². The average Bonchev–Trinajstić information content (AvgIpc) is 2.89. The Balaban J connectivity index is 1.88. The first kappa shape index (κ1) is 17.4. The van der Waals surface area contributed by atoms with Crippen molar-refractivity contribution in [3.8, 4) is 0 Å². The summed E-state index contributed by atoms with van der Waals surface area (Å²) in [5.74, 6) is 0.143. The van der Waals surface area contributed by atoms with E-state index in [4.69, 9.17) is 5.11 Å². The second-order valence-electron chi connectivity index (χ2n) is 5.71. The van der Waals surface area contributed by atoms with Gasteiger partial charge < -0.3 is 10.2 Å². The monoisotopic (exact) mass is 332 g/mol. The van der Waals surface area contributed by atoms with Gasteiger partial charge in [-0.2, -0.15) is 5.10 Å². The molecule has 0 bridgehead atoms. The Labute approximate surface area is 131 Å². The van der Waals surface area contributed by atoms with E-state index in [2.05, 4.69) is 10.00 Å². The Bertz CT molecular complexity index is 599. The molecule has 1 aromatic rings. The molecule has 0 aromatic carbocycles. The van der Waals surface area contributed by atoms with Crippen LogP contribution in [0.1, 0.15) is 23.9 Å². The lowest BCUT2D eigenvalue weighted by molar-refractivity contribution is 0.0915. The SMILES string of the molecule is CN(C)S(=O)(=O)CCCN1CCn2nc(C(O)CO)cc2C1. The van der Waals surface area contributed by atoms with Crippen LogP contribution in [0.4, 0.5) is 0 Å². The van der Waals surface area contributed by atoms with Gasteiger partial charge in [0.25, 0.3) is 0 Å². The molecule has 9 heteroatoms. The van der Waals surface area contributed by atoms with Gasteiger partial charge in [0.1, 0.15) is 6.10 Å². The number of sulfonamides is 1. The first-order valence-electron chi connectivity index (χ1n) is 7.31. The van der Waals surface area contributed by atoms with Crippen LogP contribution in [0.3, 0.4) is 0 Å². The van der Waals surface area contributed by atoms with Crippen LogP contribution in [0, 0.1) is 0 Å². The number of aromatic nitrogens is 2. The highest BCUT2D eigenvalue weighted by atomic mass is 32.2. The maximum atomic E-state index is 11.7. The highest BCUT2D eigenvalue weighted by Gasteiger charge is 2.21. The van der Waals surface area contributed by atoms with E-state index in [0.717, 1.165) is 12.2 Å². The van der Waals surface area contributed by atoms with Crippen LogP contribution in [0.15, 0.2) is 6.07 Å². The fourth-order valence-electron chi connectivity index (χ4n) is 2.44. The maximum absolute atomic E-state index is 11.7. The smallest absolute Gasteiger partial charge is 0.213 e. The minimum Gasteiger partial charge on any atom is -0.393 e. The largest absolute Gasteiger partial charge is 0.393 e. The quantitative estimate of drug-likeness (QED) is 0.665. The highest BCUT2D eigenvalue weighted by molar-refractivity contribution is 7.89. The van der Waals surface area contributed by atoms with Gasteiger partial charge in [-0.1, -0.05) is 0 Å². The summed E-state index contributed by atoms with van der Waals surface area (Å²) in [6.07, 6.45) is -0.363. The summed E-state index contributed by atoms with van der Waals surface area (Å²) < 4.78 is 26.5. The molecule has 22 heavy (non-hydrogen) atoms. The summed E-state index contributed by atoms with van der Waals surface area (Å²) in [6, 6.07) is 1.80. The highest BCUT2D eigenvalue weighted by Crippen LogP contribution is 2.18. The van der Waals surface area contributed by atoms with Crippen molar-refractivity contribution >= 4 is 10.0 Å². The third kappa shape index (κ3) is 4.05. The topological polar surface area (TPSA) is 98.9 Å². The molecule has 8 nitrogen and oxygen atoms in total. The lowest BCUT2D eigenvalue weighted by Crippen LogP contribution is -2.35. The van der Waals surface area contributed by atoms with Gasteiger partial charge in [-0.3, -0.25) is 9.58 Å². The third-order valence-corrected chi connectivity index (χ3v) is 5.76. The molecular weight excluding hydrogens is 308 g/mol. The van der Waals surface area contributed by atoms with Gasteiger partial charge in [0.2, 0.25) is 10.0 Å². The molecular formula is C13H24N4O4S. The number of aliphatic hydroxyl groups excluding tert-OH is 2. The molecule has 0 radical (unpaired) electrons. The zero-order valence-corrected chi connectivity index (χ0v) is 13.8. The number of hydrogen-bond donors (Lipinski definition) is 2. The zero-order valence-electron chi connectivity index (χ0n) is 13.0. The van der Waals surface area contributed by atoms with Crippen molar-refractivity contribution in [1.29, 1.82) is 0 Å². The number of hydrogen-bond acceptors (Lipinski definition) is 6. The Morgan fingerprint density at radius 1 is 1.41 bits per heavy atom. The Kier molecular flexibility index (Phi) is 5.56. The van der Waals surface area contributed by atoms with E-state index in [9.17, 15) is 13.5 Å². The normalized spacial score (nSPS) is 17.7. The maximum Gasteiger partial charge on any atom is 0.213 e. The fraction of sp³-hybridized carbons (Fsp3) is 0.769. The molecule has 0 saturated carbocycles. The minimum absolute atomic E-state index is 0.143. The molecule has 1 aliphatic heterocycles. The van der Waals surface area contributed by atoms with Crippen molar-refractivity contribution in [1.82, 2.24) is 19.0 Å². The van der Waals surface area contributed by atoms with Gasteiger partial charge in [-0.05, 0) is 19.0 Å². The second-order valence-corrected chi connectivity index (χ2v) is 8.01.